The lowest BCUT2D eigenvalue weighted by atomic mass is 9.93. The average molecular weight is 286 g/mol. The third-order valence-corrected chi connectivity index (χ3v) is 3.87. The van der Waals surface area contributed by atoms with E-state index in [2.05, 4.69) is 0 Å². The summed E-state index contributed by atoms with van der Waals surface area (Å²) in [5, 5.41) is 0. The zero-order chi connectivity index (χ0) is 14.9. The highest BCUT2D eigenvalue weighted by Crippen LogP contribution is 2.34. The highest BCUT2D eigenvalue weighted by molar-refractivity contribution is 5.36. The van der Waals surface area contributed by atoms with Crippen LogP contribution in [0.15, 0.2) is 42.5 Å². The van der Waals surface area contributed by atoms with Gasteiger partial charge in [-0.15, -0.1) is 0 Å². The lowest BCUT2D eigenvalue weighted by Crippen LogP contribution is -2.42. The molecule has 1 aliphatic rings. The Labute approximate surface area is 124 Å². The SMILES string of the molecule is Cc1ccc(OCC2(C)CCc3cc(F)ccc3O2)cc1. The van der Waals surface area contributed by atoms with Gasteiger partial charge in [-0.1, -0.05) is 17.7 Å². The van der Waals surface area contributed by atoms with Gasteiger partial charge in [-0.3, -0.25) is 0 Å². The Morgan fingerprint density at radius 3 is 2.71 bits per heavy atom. The summed E-state index contributed by atoms with van der Waals surface area (Å²) in [6.07, 6.45) is 1.62. The van der Waals surface area contributed by atoms with Gasteiger partial charge >= 0.3 is 0 Å². The molecule has 0 saturated carbocycles. The number of rotatable bonds is 3. The van der Waals surface area contributed by atoms with Crippen LogP contribution in [-0.4, -0.2) is 12.2 Å². The maximum Gasteiger partial charge on any atom is 0.140 e. The van der Waals surface area contributed by atoms with Crippen molar-refractivity contribution in [2.45, 2.75) is 32.3 Å². The number of benzene rings is 2. The van der Waals surface area contributed by atoms with Crippen LogP contribution in [0.5, 0.6) is 11.5 Å². The number of hydrogen-bond acceptors (Lipinski definition) is 2. The molecule has 0 aliphatic carbocycles. The van der Waals surface area contributed by atoms with Crippen LogP contribution in [0.3, 0.4) is 0 Å². The van der Waals surface area contributed by atoms with Crippen molar-refractivity contribution in [3.8, 4) is 11.5 Å². The molecule has 3 heteroatoms. The van der Waals surface area contributed by atoms with Crippen LogP contribution >= 0.6 is 0 Å². The zero-order valence-corrected chi connectivity index (χ0v) is 12.4. The molecule has 2 nitrogen and oxygen atoms in total. The van der Waals surface area contributed by atoms with Gasteiger partial charge in [0.1, 0.15) is 29.5 Å². The van der Waals surface area contributed by atoms with E-state index in [9.17, 15) is 4.39 Å². The van der Waals surface area contributed by atoms with Crippen molar-refractivity contribution >= 4 is 0 Å². The first kappa shape index (κ1) is 13.9. The molecule has 0 aromatic heterocycles. The molecule has 2 aromatic rings. The fraction of sp³-hybridized carbons (Fsp3) is 0.333. The predicted molar refractivity (Wildman–Crippen MR) is 80.4 cm³/mol. The molecule has 1 aliphatic heterocycles. The summed E-state index contributed by atoms with van der Waals surface area (Å²) >= 11 is 0. The summed E-state index contributed by atoms with van der Waals surface area (Å²) in [5.74, 6) is 1.39. The highest BCUT2D eigenvalue weighted by atomic mass is 19.1. The number of fused-ring (bicyclic) bond motifs is 1. The summed E-state index contributed by atoms with van der Waals surface area (Å²) < 4.78 is 25.1. The van der Waals surface area contributed by atoms with E-state index in [1.807, 2.05) is 38.1 Å². The van der Waals surface area contributed by atoms with Crippen molar-refractivity contribution in [2.75, 3.05) is 6.61 Å². The van der Waals surface area contributed by atoms with E-state index in [0.29, 0.717) is 6.61 Å². The molecule has 2 aromatic carbocycles. The molecule has 110 valence electrons. The molecule has 0 bridgehead atoms. The summed E-state index contributed by atoms with van der Waals surface area (Å²) in [6.45, 7) is 4.56. The largest absolute Gasteiger partial charge is 0.489 e. The van der Waals surface area contributed by atoms with Gasteiger partial charge < -0.3 is 9.47 Å². The molecule has 0 amide bonds. The minimum atomic E-state index is -0.379. The monoisotopic (exact) mass is 286 g/mol. The van der Waals surface area contributed by atoms with Crippen molar-refractivity contribution in [3.05, 3.63) is 59.4 Å². The smallest absolute Gasteiger partial charge is 0.140 e. The van der Waals surface area contributed by atoms with Crippen molar-refractivity contribution < 1.29 is 13.9 Å². The first-order valence-electron chi connectivity index (χ1n) is 7.21. The van der Waals surface area contributed by atoms with Crippen molar-refractivity contribution in [2.24, 2.45) is 0 Å². The number of halogens is 1. The second-order valence-corrected chi connectivity index (χ2v) is 5.91. The number of aryl methyl sites for hydroxylation is 2. The van der Waals surface area contributed by atoms with E-state index in [1.165, 1.54) is 11.6 Å². The average Bonchev–Trinajstić information content (AvgIpc) is 2.47. The normalized spacial score (nSPS) is 20.5. The van der Waals surface area contributed by atoms with Crippen molar-refractivity contribution in [1.82, 2.24) is 0 Å². The maximum atomic E-state index is 13.2. The highest BCUT2D eigenvalue weighted by Gasteiger charge is 2.32. The second kappa shape index (κ2) is 5.40. The van der Waals surface area contributed by atoms with Gasteiger partial charge in [-0.2, -0.15) is 0 Å². The van der Waals surface area contributed by atoms with E-state index in [1.54, 1.807) is 12.1 Å². The third-order valence-electron chi connectivity index (χ3n) is 3.87. The summed E-state index contributed by atoms with van der Waals surface area (Å²) in [4.78, 5) is 0. The first-order valence-corrected chi connectivity index (χ1v) is 7.21. The number of hydrogen-bond donors (Lipinski definition) is 0. The maximum absolute atomic E-state index is 13.2. The Balaban J connectivity index is 1.68. The molecular weight excluding hydrogens is 267 g/mol. The van der Waals surface area contributed by atoms with Gasteiger partial charge in [0.05, 0.1) is 0 Å². The second-order valence-electron chi connectivity index (χ2n) is 5.91. The fourth-order valence-electron chi connectivity index (χ4n) is 2.53. The third kappa shape index (κ3) is 3.18. The van der Waals surface area contributed by atoms with Gasteiger partial charge in [0.25, 0.3) is 0 Å². The molecule has 0 fully saturated rings. The van der Waals surface area contributed by atoms with Gasteiger partial charge in [0.2, 0.25) is 0 Å². The van der Waals surface area contributed by atoms with E-state index < -0.39 is 0 Å². The van der Waals surface area contributed by atoms with Crippen LogP contribution in [0.4, 0.5) is 4.39 Å². The summed E-state index contributed by atoms with van der Waals surface area (Å²) in [5.41, 5.74) is 1.76. The van der Waals surface area contributed by atoms with E-state index in [-0.39, 0.29) is 11.4 Å². The predicted octanol–water partition coefficient (Wildman–Crippen LogP) is 4.30. The van der Waals surface area contributed by atoms with Crippen LogP contribution < -0.4 is 9.47 Å². The summed E-state index contributed by atoms with van der Waals surface area (Å²) in [6, 6.07) is 12.7. The van der Waals surface area contributed by atoms with Gasteiger partial charge in [0, 0.05) is 0 Å². The molecule has 0 saturated heterocycles. The Morgan fingerprint density at radius 2 is 1.95 bits per heavy atom. The lowest BCUT2D eigenvalue weighted by molar-refractivity contribution is 0.0174. The van der Waals surface area contributed by atoms with E-state index in [0.717, 1.165) is 29.9 Å². The molecule has 21 heavy (non-hydrogen) atoms. The van der Waals surface area contributed by atoms with Crippen molar-refractivity contribution in [3.63, 3.8) is 0 Å². The molecular formula is C18H19FO2. The molecule has 0 radical (unpaired) electrons. The van der Waals surface area contributed by atoms with Crippen LogP contribution in [0, 0.1) is 12.7 Å². The molecule has 1 atom stereocenters. The van der Waals surface area contributed by atoms with Crippen LogP contribution in [0.25, 0.3) is 0 Å². The fourth-order valence-corrected chi connectivity index (χ4v) is 2.53. The first-order chi connectivity index (χ1) is 10.0. The van der Waals surface area contributed by atoms with E-state index >= 15 is 0 Å². The Hall–Kier alpha value is -2.03. The summed E-state index contributed by atoms with van der Waals surface area (Å²) in [7, 11) is 0. The standard InChI is InChI=1S/C18H19FO2/c1-13-3-6-16(7-4-13)20-12-18(2)10-9-14-11-15(19)5-8-17(14)21-18/h3-8,11H,9-10,12H2,1-2H3. The van der Waals surface area contributed by atoms with Crippen molar-refractivity contribution in [1.29, 1.82) is 0 Å². The van der Waals surface area contributed by atoms with Gasteiger partial charge in [-0.25, -0.2) is 4.39 Å². The molecule has 1 unspecified atom stereocenters. The van der Waals surface area contributed by atoms with Crippen LogP contribution in [0.2, 0.25) is 0 Å². The molecule has 0 spiro atoms. The van der Waals surface area contributed by atoms with Gasteiger partial charge in [-0.05, 0) is 62.6 Å². The molecule has 3 rings (SSSR count). The van der Waals surface area contributed by atoms with Crippen LogP contribution in [0.1, 0.15) is 24.5 Å². The quantitative estimate of drug-likeness (QED) is 0.837. The van der Waals surface area contributed by atoms with Crippen LogP contribution in [-0.2, 0) is 6.42 Å². The van der Waals surface area contributed by atoms with E-state index in [4.69, 9.17) is 9.47 Å². The minimum Gasteiger partial charge on any atom is -0.489 e. The Bertz CT molecular complexity index is 636. The lowest BCUT2D eigenvalue weighted by Gasteiger charge is -2.35. The molecule has 1 heterocycles. The minimum absolute atomic E-state index is 0.211. The molecule has 0 N–H and O–H groups in total. The zero-order valence-electron chi connectivity index (χ0n) is 12.4. The Kier molecular flexibility index (Phi) is 3.58. The Morgan fingerprint density at radius 1 is 1.19 bits per heavy atom. The number of ether oxygens (including phenoxy) is 2. The topological polar surface area (TPSA) is 18.5 Å². The van der Waals surface area contributed by atoms with Gasteiger partial charge in [0.15, 0.2) is 0 Å².